The molecule has 0 fully saturated rings. The molecule has 0 saturated carbocycles. The number of sulfonamides is 1. The Labute approximate surface area is 184 Å². The molecule has 0 aliphatic carbocycles. The normalized spacial score (nSPS) is 11.2. The summed E-state index contributed by atoms with van der Waals surface area (Å²) in [4.78, 5) is 12.3. The molecule has 5 nitrogen and oxygen atoms in total. The van der Waals surface area contributed by atoms with Gasteiger partial charge in [0.25, 0.3) is 15.9 Å². The van der Waals surface area contributed by atoms with E-state index in [9.17, 15) is 17.6 Å². The minimum absolute atomic E-state index is 0.00805. The van der Waals surface area contributed by atoms with Crippen LogP contribution in [-0.4, -0.2) is 20.9 Å². The number of rotatable bonds is 6. The van der Waals surface area contributed by atoms with Gasteiger partial charge in [-0.2, -0.15) is 0 Å². The first kappa shape index (κ1) is 22.1. The highest BCUT2D eigenvalue weighted by molar-refractivity contribution is 7.93. The molecule has 1 N–H and O–H groups in total. The average molecular weight is 467 g/mol. The Morgan fingerprint density at radius 2 is 1.70 bits per heavy atom. The fraction of sp³-hybridized carbons (Fsp3) is 0.0952. The van der Waals surface area contributed by atoms with Crippen molar-refractivity contribution in [3.05, 3.63) is 88.2 Å². The molecule has 3 rings (SSSR count). The van der Waals surface area contributed by atoms with Gasteiger partial charge < -0.3 is 5.32 Å². The summed E-state index contributed by atoms with van der Waals surface area (Å²) >= 11 is 12.1. The van der Waals surface area contributed by atoms with Gasteiger partial charge in [-0.1, -0.05) is 47.5 Å². The summed E-state index contributed by atoms with van der Waals surface area (Å²) in [6.07, 6.45) is 0. The van der Waals surface area contributed by atoms with Crippen LogP contribution in [0.3, 0.4) is 0 Å². The monoisotopic (exact) mass is 466 g/mol. The lowest BCUT2D eigenvalue weighted by atomic mass is 10.2. The average Bonchev–Trinajstić information content (AvgIpc) is 2.70. The molecule has 0 unspecified atom stereocenters. The van der Waals surface area contributed by atoms with Crippen LogP contribution in [0.1, 0.15) is 17.3 Å². The van der Waals surface area contributed by atoms with Gasteiger partial charge >= 0.3 is 0 Å². The number of hydrogen-bond acceptors (Lipinski definition) is 3. The standard InChI is InChI=1S/C21H17Cl2FN2O3S/c1-2-26(15-7-4-3-5-8-15)30(28,29)19-13-14(11-12-16(19)22)25-21(27)20-17(23)9-6-10-18(20)24/h3-13H,2H2,1H3,(H,25,27). The number of anilines is 2. The van der Waals surface area contributed by atoms with E-state index in [-0.39, 0.29) is 32.7 Å². The molecule has 0 saturated heterocycles. The van der Waals surface area contributed by atoms with Crippen molar-refractivity contribution in [3.8, 4) is 0 Å². The Hall–Kier alpha value is -2.61. The molecule has 0 bridgehead atoms. The number of amides is 1. The van der Waals surface area contributed by atoms with Crippen LogP contribution in [0.15, 0.2) is 71.6 Å². The van der Waals surface area contributed by atoms with Crippen molar-refractivity contribution in [1.82, 2.24) is 0 Å². The van der Waals surface area contributed by atoms with Gasteiger partial charge in [-0.3, -0.25) is 9.10 Å². The Balaban J connectivity index is 1.98. The van der Waals surface area contributed by atoms with Gasteiger partial charge in [-0.05, 0) is 49.4 Å². The molecule has 0 aliphatic rings. The summed E-state index contributed by atoms with van der Waals surface area (Å²) in [5.41, 5.74) is 0.271. The third kappa shape index (κ3) is 4.43. The zero-order chi connectivity index (χ0) is 21.9. The zero-order valence-corrected chi connectivity index (χ0v) is 18.1. The third-order valence-corrected chi connectivity index (χ3v) is 6.98. The van der Waals surface area contributed by atoms with Gasteiger partial charge in [0.05, 0.1) is 21.3 Å². The van der Waals surface area contributed by atoms with E-state index in [4.69, 9.17) is 23.2 Å². The summed E-state index contributed by atoms with van der Waals surface area (Å²) in [6, 6.07) is 16.4. The number of benzene rings is 3. The van der Waals surface area contributed by atoms with Crippen molar-refractivity contribution in [2.24, 2.45) is 0 Å². The summed E-state index contributed by atoms with van der Waals surface area (Å²) in [5.74, 6) is -1.60. The van der Waals surface area contributed by atoms with E-state index >= 15 is 0 Å². The van der Waals surface area contributed by atoms with Crippen LogP contribution < -0.4 is 9.62 Å². The van der Waals surface area contributed by atoms with Gasteiger partial charge in [-0.25, -0.2) is 12.8 Å². The molecule has 0 heterocycles. The molecular formula is C21H17Cl2FN2O3S. The number of nitrogens with one attached hydrogen (secondary N) is 1. The van der Waals surface area contributed by atoms with Crippen LogP contribution >= 0.6 is 23.2 Å². The van der Waals surface area contributed by atoms with Crippen molar-refractivity contribution in [2.75, 3.05) is 16.2 Å². The lowest BCUT2D eigenvalue weighted by Gasteiger charge is -2.23. The van der Waals surface area contributed by atoms with Crippen molar-refractivity contribution in [2.45, 2.75) is 11.8 Å². The van der Waals surface area contributed by atoms with Crippen molar-refractivity contribution >= 4 is 50.5 Å². The van der Waals surface area contributed by atoms with Crippen LogP contribution in [0.4, 0.5) is 15.8 Å². The van der Waals surface area contributed by atoms with Crippen molar-refractivity contribution in [3.63, 3.8) is 0 Å². The van der Waals surface area contributed by atoms with Crippen LogP contribution in [0.5, 0.6) is 0 Å². The lowest BCUT2D eigenvalue weighted by Crippen LogP contribution is -2.31. The fourth-order valence-electron chi connectivity index (χ4n) is 2.89. The van der Waals surface area contributed by atoms with E-state index in [1.54, 1.807) is 37.3 Å². The Morgan fingerprint density at radius 3 is 2.33 bits per heavy atom. The van der Waals surface area contributed by atoms with Crippen molar-refractivity contribution < 1.29 is 17.6 Å². The number of para-hydroxylation sites is 1. The molecule has 0 atom stereocenters. The largest absolute Gasteiger partial charge is 0.322 e. The first-order chi connectivity index (χ1) is 14.3. The Morgan fingerprint density at radius 1 is 1.00 bits per heavy atom. The quantitative estimate of drug-likeness (QED) is 0.513. The van der Waals surface area contributed by atoms with Gasteiger partial charge in [-0.15, -0.1) is 0 Å². The van der Waals surface area contributed by atoms with Crippen LogP contribution in [0, 0.1) is 5.82 Å². The predicted octanol–water partition coefficient (Wildman–Crippen LogP) is 5.60. The van der Waals surface area contributed by atoms with Gasteiger partial charge in [0.15, 0.2) is 0 Å². The van der Waals surface area contributed by atoms with Crippen LogP contribution in [-0.2, 0) is 10.0 Å². The molecule has 156 valence electrons. The smallest absolute Gasteiger partial charge is 0.265 e. The molecule has 9 heteroatoms. The highest BCUT2D eigenvalue weighted by Gasteiger charge is 2.27. The van der Waals surface area contributed by atoms with E-state index in [1.807, 2.05) is 0 Å². The van der Waals surface area contributed by atoms with Crippen molar-refractivity contribution in [1.29, 1.82) is 0 Å². The maximum absolute atomic E-state index is 14.0. The molecule has 1 amide bonds. The molecule has 0 spiro atoms. The summed E-state index contributed by atoms with van der Waals surface area (Å²) in [7, 11) is -4.02. The molecule has 0 aromatic heterocycles. The highest BCUT2D eigenvalue weighted by atomic mass is 35.5. The third-order valence-electron chi connectivity index (χ3n) is 4.28. The fourth-order valence-corrected chi connectivity index (χ4v) is 5.12. The number of carbonyl (C=O) groups is 1. The topological polar surface area (TPSA) is 66.5 Å². The minimum atomic E-state index is -4.02. The summed E-state index contributed by atoms with van der Waals surface area (Å²) in [6.45, 7) is 1.87. The Kier molecular flexibility index (Phi) is 6.65. The number of nitrogens with zero attached hydrogens (tertiary/aromatic N) is 1. The Bertz CT molecular complexity index is 1170. The molecule has 3 aromatic rings. The second-order valence-electron chi connectivity index (χ2n) is 6.20. The summed E-state index contributed by atoms with van der Waals surface area (Å²) in [5, 5.41) is 2.40. The van der Waals surface area contributed by atoms with Crippen LogP contribution in [0.2, 0.25) is 10.0 Å². The predicted molar refractivity (Wildman–Crippen MR) is 117 cm³/mol. The molecule has 0 aliphatic heterocycles. The first-order valence-corrected chi connectivity index (χ1v) is 11.1. The second kappa shape index (κ2) is 9.04. The lowest BCUT2D eigenvalue weighted by molar-refractivity contribution is 0.102. The van der Waals surface area contributed by atoms with E-state index in [1.165, 1.54) is 34.6 Å². The van der Waals surface area contributed by atoms with E-state index in [0.29, 0.717) is 5.69 Å². The highest BCUT2D eigenvalue weighted by Crippen LogP contribution is 2.31. The second-order valence-corrected chi connectivity index (χ2v) is 8.85. The van der Waals surface area contributed by atoms with E-state index in [0.717, 1.165) is 6.07 Å². The minimum Gasteiger partial charge on any atom is -0.322 e. The number of halogens is 3. The maximum atomic E-state index is 14.0. The molecule has 3 aromatic carbocycles. The number of carbonyl (C=O) groups excluding carboxylic acids is 1. The number of hydrogen-bond donors (Lipinski definition) is 1. The maximum Gasteiger partial charge on any atom is 0.265 e. The van der Waals surface area contributed by atoms with Gasteiger partial charge in [0.2, 0.25) is 0 Å². The van der Waals surface area contributed by atoms with Gasteiger partial charge in [0.1, 0.15) is 10.7 Å². The first-order valence-electron chi connectivity index (χ1n) is 8.88. The van der Waals surface area contributed by atoms with Gasteiger partial charge in [0, 0.05) is 12.2 Å². The molecule has 30 heavy (non-hydrogen) atoms. The SMILES string of the molecule is CCN(c1ccccc1)S(=O)(=O)c1cc(NC(=O)c2c(F)cccc2Cl)ccc1Cl. The summed E-state index contributed by atoms with van der Waals surface area (Å²) < 4.78 is 41.7. The molecular weight excluding hydrogens is 450 g/mol. The van der Waals surface area contributed by atoms with E-state index in [2.05, 4.69) is 5.32 Å². The molecule has 0 radical (unpaired) electrons. The van der Waals surface area contributed by atoms with Crippen LogP contribution in [0.25, 0.3) is 0 Å². The zero-order valence-electron chi connectivity index (χ0n) is 15.8. The van der Waals surface area contributed by atoms with E-state index < -0.39 is 21.7 Å².